The van der Waals surface area contributed by atoms with Crippen LogP contribution in [0.25, 0.3) is 22.4 Å². The van der Waals surface area contributed by atoms with Gasteiger partial charge < -0.3 is 4.98 Å². The molecule has 2 nitrogen and oxygen atoms in total. The molecule has 0 aliphatic rings. The number of rotatable bonds is 1. The SMILES string of the molecule is Fc1cccc(-c2nc3ccc(S)cc3[nH]2)c1. The Morgan fingerprint density at radius 2 is 2.00 bits per heavy atom. The number of H-pyrrole nitrogens is 1. The third-order valence-electron chi connectivity index (χ3n) is 2.56. The summed E-state index contributed by atoms with van der Waals surface area (Å²) < 4.78 is 13.1. The van der Waals surface area contributed by atoms with E-state index in [0.717, 1.165) is 21.5 Å². The molecular weight excluding hydrogens is 235 g/mol. The number of fused-ring (bicyclic) bond motifs is 1. The van der Waals surface area contributed by atoms with Crippen LogP contribution in [0, 0.1) is 5.82 Å². The molecule has 0 radical (unpaired) electrons. The molecule has 3 rings (SSSR count). The van der Waals surface area contributed by atoms with Crippen molar-refractivity contribution in [2.45, 2.75) is 4.90 Å². The van der Waals surface area contributed by atoms with Gasteiger partial charge >= 0.3 is 0 Å². The molecule has 0 aliphatic heterocycles. The minimum Gasteiger partial charge on any atom is -0.338 e. The van der Waals surface area contributed by atoms with Gasteiger partial charge in [0.15, 0.2) is 0 Å². The number of nitrogens with one attached hydrogen (secondary N) is 1. The molecule has 1 N–H and O–H groups in total. The van der Waals surface area contributed by atoms with Gasteiger partial charge in [-0.05, 0) is 30.3 Å². The maximum Gasteiger partial charge on any atom is 0.138 e. The molecule has 2 aromatic carbocycles. The second kappa shape index (κ2) is 3.89. The fourth-order valence-corrected chi connectivity index (χ4v) is 1.97. The molecule has 0 saturated heterocycles. The average molecular weight is 244 g/mol. The average Bonchev–Trinajstić information content (AvgIpc) is 2.72. The molecule has 84 valence electrons. The van der Waals surface area contributed by atoms with Crippen LogP contribution in [0.1, 0.15) is 0 Å². The maximum atomic E-state index is 13.1. The zero-order chi connectivity index (χ0) is 11.8. The van der Waals surface area contributed by atoms with Crippen molar-refractivity contribution in [3.05, 3.63) is 48.3 Å². The fourth-order valence-electron chi connectivity index (χ4n) is 1.77. The van der Waals surface area contributed by atoms with Crippen LogP contribution in [0.3, 0.4) is 0 Å². The Labute approximate surface area is 103 Å². The molecule has 4 heteroatoms. The molecule has 0 unspecified atom stereocenters. The lowest BCUT2D eigenvalue weighted by atomic mass is 10.2. The fraction of sp³-hybridized carbons (Fsp3) is 0. The van der Waals surface area contributed by atoms with E-state index < -0.39 is 0 Å². The zero-order valence-electron chi connectivity index (χ0n) is 8.81. The lowest BCUT2D eigenvalue weighted by Gasteiger charge is -1.95. The Kier molecular flexibility index (Phi) is 2.37. The number of nitrogens with zero attached hydrogens (tertiary/aromatic N) is 1. The van der Waals surface area contributed by atoms with E-state index in [1.807, 2.05) is 24.3 Å². The molecule has 17 heavy (non-hydrogen) atoms. The molecule has 0 fully saturated rings. The maximum absolute atomic E-state index is 13.1. The van der Waals surface area contributed by atoms with Crippen molar-refractivity contribution in [3.8, 4) is 11.4 Å². The third-order valence-corrected chi connectivity index (χ3v) is 2.84. The molecule has 0 atom stereocenters. The van der Waals surface area contributed by atoms with E-state index in [1.165, 1.54) is 12.1 Å². The second-order valence-corrected chi connectivity index (χ2v) is 4.31. The minimum absolute atomic E-state index is 0.266. The quantitative estimate of drug-likeness (QED) is 0.628. The summed E-state index contributed by atoms with van der Waals surface area (Å²) in [5.74, 6) is 0.399. The number of hydrogen-bond acceptors (Lipinski definition) is 2. The molecule has 0 aliphatic carbocycles. The minimum atomic E-state index is -0.266. The third kappa shape index (κ3) is 1.91. The van der Waals surface area contributed by atoms with Crippen LogP contribution in [-0.4, -0.2) is 9.97 Å². The van der Waals surface area contributed by atoms with Crippen molar-refractivity contribution >= 4 is 23.7 Å². The highest BCUT2D eigenvalue weighted by atomic mass is 32.1. The van der Waals surface area contributed by atoms with Crippen molar-refractivity contribution in [2.75, 3.05) is 0 Å². The topological polar surface area (TPSA) is 28.7 Å². The smallest absolute Gasteiger partial charge is 0.138 e. The predicted octanol–water partition coefficient (Wildman–Crippen LogP) is 3.66. The number of hydrogen-bond donors (Lipinski definition) is 2. The van der Waals surface area contributed by atoms with Gasteiger partial charge in [0.1, 0.15) is 11.6 Å². The van der Waals surface area contributed by atoms with E-state index in [-0.39, 0.29) is 5.82 Å². The van der Waals surface area contributed by atoms with Crippen molar-refractivity contribution in [3.63, 3.8) is 0 Å². The normalized spacial score (nSPS) is 10.9. The second-order valence-electron chi connectivity index (χ2n) is 3.80. The van der Waals surface area contributed by atoms with Gasteiger partial charge in [-0.25, -0.2) is 9.37 Å². The number of aromatic nitrogens is 2. The molecule has 3 aromatic rings. The monoisotopic (exact) mass is 244 g/mol. The van der Waals surface area contributed by atoms with Gasteiger partial charge in [0.25, 0.3) is 0 Å². The van der Waals surface area contributed by atoms with Gasteiger partial charge in [-0.15, -0.1) is 12.6 Å². The summed E-state index contributed by atoms with van der Waals surface area (Å²) in [5, 5.41) is 0. The Morgan fingerprint density at radius 3 is 2.82 bits per heavy atom. The Bertz CT molecular complexity index is 691. The van der Waals surface area contributed by atoms with Gasteiger partial charge in [-0.2, -0.15) is 0 Å². The first kappa shape index (κ1) is 10.4. The lowest BCUT2D eigenvalue weighted by Crippen LogP contribution is -1.81. The van der Waals surface area contributed by atoms with Crippen LogP contribution in [0.2, 0.25) is 0 Å². The highest BCUT2D eigenvalue weighted by Crippen LogP contribution is 2.22. The molecule has 0 bridgehead atoms. The first-order valence-corrected chi connectivity index (χ1v) is 5.62. The Balaban J connectivity index is 2.18. The number of halogens is 1. The van der Waals surface area contributed by atoms with E-state index >= 15 is 0 Å². The summed E-state index contributed by atoms with van der Waals surface area (Å²) in [7, 11) is 0. The standard InChI is InChI=1S/C13H9FN2S/c14-9-3-1-2-8(6-9)13-15-11-5-4-10(17)7-12(11)16-13/h1-7,17H,(H,15,16). The highest BCUT2D eigenvalue weighted by Gasteiger charge is 2.05. The Morgan fingerprint density at radius 1 is 1.12 bits per heavy atom. The number of imidazole rings is 1. The van der Waals surface area contributed by atoms with E-state index in [0.29, 0.717) is 5.82 Å². The molecule has 1 heterocycles. The van der Waals surface area contributed by atoms with E-state index in [2.05, 4.69) is 22.6 Å². The van der Waals surface area contributed by atoms with Crippen LogP contribution < -0.4 is 0 Å². The van der Waals surface area contributed by atoms with E-state index in [4.69, 9.17) is 0 Å². The predicted molar refractivity (Wildman–Crippen MR) is 68.7 cm³/mol. The highest BCUT2D eigenvalue weighted by molar-refractivity contribution is 7.80. The van der Waals surface area contributed by atoms with Gasteiger partial charge in [-0.3, -0.25) is 0 Å². The van der Waals surface area contributed by atoms with E-state index in [1.54, 1.807) is 6.07 Å². The lowest BCUT2D eigenvalue weighted by molar-refractivity contribution is 0.628. The van der Waals surface area contributed by atoms with Gasteiger partial charge in [0.2, 0.25) is 0 Å². The van der Waals surface area contributed by atoms with Crippen molar-refractivity contribution in [1.29, 1.82) is 0 Å². The van der Waals surface area contributed by atoms with Gasteiger partial charge in [-0.1, -0.05) is 12.1 Å². The molecule has 0 amide bonds. The summed E-state index contributed by atoms with van der Waals surface area (Å²) in [6, 6.07) is 12.0. The summed E-state index contributed by atoms with van der Waals surface area (Å²) in [6.45, 7) is 0. The summed E-state index contributed by atoms with van der Waals surface area (Å²) in [5.41, 5.74) is 2.49. The Hall–Kier alpha value is -1.81. The van der Waals surface area contributed by atoms with Crippen molar-refractivity contribution in [1.82, 2.24) is 9.97 Å². The van der Waals surface area contributed by atoms with Crippen LogP contribution >= 0.6 is 12.6 Å². The van der Waals surface area contributed by atoms with Gasteiger partial charge in [0, 0.05) is 10.5 Å². The molecule has 1 aromatic heterocycles. The van der Waals surface area contributed by atoms with Crippen LogP contribution in [0.5, 0.6) is 0 Å². The summed E-state index contributed by atoms with van der Waals surface area (Å²) >= 11 is 4.27. The summed E-state index contributed by atoms with van der Waals surface area (Å²) in [4.78, 5) is 8.43. The molecular formula is C13H9FN2S. The summed E-state index contributed by atoms with van der Waals surface area (Å²) in [6.07, 6.45) is 0. The molecule has 0 spiro atoms. The molecule has 0 saturated carbocycles. The first-order chi connectivity index (χ1) is 8.22. The van der Waals surface area contributed by atoms with Crippen LogP contribution in [-0.2, 0) is 0 Å². The van der Waals surface area contributed by atoms with Crippen molar-refractivity contribution < 1.29 is 4.39 Å². The van der Waals surface area contributed by atoms with E-state index in [9.17, 15) is 4.39 Å². The van der Waals surface area contributed by atoms with Gasteiger partial charge in [0.05, 0.1) is 11.0 Å². The number of aromatic amines is 1. The van der Waals surface area contributed by atoms with Crippen molar-refractivity contribution in [2.24, 2.45) is 0 Å². The van der Waals surface area contributed by atoms with Crippen LogP contribution in [0.4, 0.5) is 4.39 Å². The number of thiol groups is 1. The zero-order valence-corrected chi connectivity index (χ0v) is 9.71. The number of benzene rings is 2. The largest absolute Gasteiger partial charge is 0.338 e. The van der Waals surface area contributed by atoms with Crippen LogP contribution in [0.15, 0.2) is 47.4 Å². The first-order valence-electron chi connectivity index (χ1n) is 5.17.